The molecule has 5 fully saturated rings. The molecule has 5 saturated carbocycles. The second kappa shape index (κ2) is 8.49. The third-order valence-electron chi connectivity index (χ3n) is 7.39. The molecule has 1 aromatic rings. The van der Waals surface area contributed by atoms with Crippen molar-refractivity contribution in [3.05, 3.63) is 28.8 Å². The van der Waals surface area contributed by atoms with Gasteiger partial charge in [0.2, 0.25) is 0 Å². The van der Waals surface area contributed by atoms with Crippen molar-refractivity contribution in [2.45, 2.75) is 76.2 Å². The molecule has 0 heterocycles. The first-order valence-corrected chi connectivity index (χ1v) is 16.7. The topological polar surface area (TPSA) is 32.6 Å². The molecule has 27 heavy (non-hydrogen) atoms. The SMILES string of the molecule is Cc1cc(C=NC2CCC2)c(O)c(C23CC4CC(CC(C4)C2)C3)c1.[Cl][Zr][Cl]. The quantitative estimate of drug-likeness (QED) is 0.486. The van der Waals surface area contributed by atoms with E-state index in [-0.39, 0.29) is 5.41 Å². The number of phenols is 1. The fourth-order valence-electron chi connectivity index (χ4n) is 6.47. The Morgan fingerprint density at radius 3 is 2.11 bits per heavy atom. The average molecular weight is 486 g/mol. The molecule has 0 spiro atoms. The van der Waals surface area contributed by atoms with Crippen molar-refractivity contribution in [2.24, 2.45) is 22.7 Å². The summed E-state index contributed by atoms with van der Waals surface area (Å²) in [4.78, 5) is 4.70. The monoisotopic (exact) mass is 483 g/mol. The van der Waals surface area contributed by atoms with Crippen LogP contribution in [0.5, 0.6) is 5.75 Å². The molecule has 4 bridgehead atoms. The Labute approximate surface area is 181 Å². The summed E-state index contributed by atoms with van der Waals surface area (Å²) in [5.41, 5.74) is 3.72. The molecule has 0 radical (unpaired) electrons. The van der Waals surface area contributed by atoms with Gasteiger partial charge in [-0.2, -0.15) is 0 Å². The van der Waals surface area contributed by atoms with E-state index in [9.17, 15) is 5.11 Å². The second-order valence-electron chi connectivity index (χ2n) is 9.38. The van der Waals surface area contributed by atoms with Crippen LogP contribution >= 0.6 is 17.0 Å². The summed E-state index contributed by atoms with van der Waals surface area (Å²) in [7, 11) is 9.87. The normalized spacial score (nSPS) is 34.3. The van der Waals surface area contributed by atoms with Gasteiger partial charge >= 0.3 is 37.9 Å². The van der Waals surface area contributed by atoms with Crippen molar-refractivity contribution in [3.63, 3.8) is 0 Å². The van der Waals surface area contributed by atoms with Crippen LogP contribution in [0.3, 0.4) is 0 Å². The molecule has 1 N–H and O–H groups in total. The van der Waals surface area contributed by atoms with E-state index in [1.165, 1.54) is 68.9 Å². The summed E-state index contributed by atoms with van der Waals surface area (Å²) in [6.45, 7) is 2.17. The van der Waals surface area contributed by atoms with Crippen molar-refractivity contribution >= 4 is 23.2 Å². The minimum absolute atomic E-state index is 0.254. The van der Waals surface area contributed by atoms with E-state index in [1.807, 2.05) is 6.21 Å². The van der Waals surface area contributed by atoms with Gasteiger partial charge in [0.05, 0.1) is 0 Å². The Balaban J connectivity index is 0.000000565. The van der Waals surface area contributed by atoms with Gasteiger partial charge in [-0.1, -0.05) is 6.07 Å². The summed E-state index contributed by atoms with van der Waals surface area (Å²) in [6.07, 6.45) is 13.9. The van der Waals surface area contributed by atoms with Gasteiger partial charge < -0.3 is 5.11 Å². The van der Waals surface area contributed by atoms with E-state index >= 15 is 0 Å². The minimum atomic E-state index is -0.826. The van der Waals surface area contributed by atoms with Crippen LogP contribution in [0.2, 0.25) is 0 Å². The van der Waals surface area contributed by atoms with Crippen LogP contribution in [0, 0.1) is 24.7 Å². The van der Waals surface area contributed by atoms with Gasteiger partial charge in [-0.15, -0.1) is 0 Å². The average Bonchev–Trinajstić information content (AvgIpc) is 2.55. The molecule has 0 aromatic heterocycles. The van der Waals surface area contributed by atoms with Gasteiger partial charge in [0.15, 0.2) is 0 Å². The first-order valence-electron chi connectivity index (χ1n) is 10.4. The number of nitrogens with zero attached hydrogens (tertiary/aromatic N) is 1. The van der Waals surface area contributed by atoms with Crippen LogP contribution in [0.4, 0.5) is 0 Å². The summed E-state index contributed by atoms with van der Waals surface area (Å²) >= 11 is -0.826. The predicted molar refractivity (Wildman–Crippen MR) is 110 cm³/mol. The van der Waals surface area contributed by atoms with Gasteiger partial charge in [-0.3, -0.25) is 4.99 Å². The molecule has 5 aliphatic rings. The van der Waals surface area contributed by atoms with Gasteiger partial charge in [0, 0.05) is 23.4 Å². The Hall–Kier alpha value is 0.153. The van der Waals surface area contributed by atoms with E-state index < -0.39 is 20.8 Å². The van der Waals surface area contributed by atoms with E-state index in [1.54, 1.807) is 0 Å². The fourth-order valence-corrected chi connectivity index (χ4v) is 6.47. The van der Waals surface area contributed by atoms with Crippen LogP contribution in [0.1, 0.15) is 74.5 Å². The van der Waals surface area contributed by atoms with Crippen LogP contribution in [-0.4, -0.2) is 17.4 Å². The molecule has 6 rings (SSSR count). The number of aryl methyl sites for hydroxylation is 1. The van der Waals surface area contributed by atoms with Crippen molar-refractivity contribution in [1.82, 2.24) is 0 Å². The first-order chi connectivity index (χ1) is 13.0. The number of aromatic hydroxyl groups is 1. The summed E-state index contributed by atoms with van der Waals surface area (Å²) in [5, 5.41) is 11.1. The summed E-state index contributed by atoms with van der Waals surface area (Å²) < 4.78 is 0. The fraction of sp³-hybridized carbons (Fsp3) is 0.682. The third kappa shape index (κ3) is 4.22. The van der Waals surface area contributed by atoms with Crippen molar-refractivity contribution in [3.8, 4) is 5.75 Å². The number of rotatable bonds is 3. The molecule has 1 aromatic carbocycles. The van der Waals surface area contributed by atoms with Gasteiger partial charge in [0.25, 0.3) is 0 Å². The maximum atomic E-state index is 11.1. The summed E-state index contributed by atoms with van der Waals surface area (Å²) in [5.74, 6) is 3.25. The predicted octanol–water partition coefficient (Wildman–Crippen LogP) is 6.52. The van der Waals surface area contributed by atoms with Crippen LogP contribution < -0.4 is 0 Å². The Bertz CT molecular complexity index is 681. The third-order valence-corrected chi connectivity index (χ3v) is 7.39. The number of benzene rings is 1. The standard InChI is InChI=1S/C22H29NO.2ClH.Zr/c1-14-5-18(13-23-19-3-2-4-19)21(24)20(6-14)22-10-15-7-16(11-22)9-17(8-15)12-22;;;/h5-6,13,15-17,19,24H,2-4,7-12H2,1H3;2*1H;/q;;;+2/p-2. The number of aliphatic imine (C=N–C) groups is 1. The molecule has 0 amide bonds. The Morgan fingerprint density at radius 1 is 1.07 bits per heavy atom. The van der Waals surface area contributed by atoms with E-state index in [2.05, 4.69) is 19.1 Å². The van der Waals surface area contributed by atoms with Gasteiger partial charge in [-0.25, -0.2) is 0 Å². The zero-order chi connectivity index (χ0) is 19.0. The molecular formula is C22H29Cl2NOZr. The van der Waals surface area contributed by atoms with Gasteiger partial charge in [-0.05, 0) is 99.5 Å². The molecule has 5 aliphatic carbocycles. The van der Waals surface area contributed by atoms with Crippen molar-refractivity contribution in [2.75, 3.05) is 0 Å². The maximum absolute atomic E-state index is 11.1. The van der Waals surface area contributed by atoms with Crippen LogP contribution in [-0.2, 0) is 26.3 Å². The van der Waals surface area contributed by atoms with Gasteiger partial charge in [0.1, 0.15) is 5.75 Å². The molecular weight excluding hydrogens is 456 g/mol. The molecule has 5 heteroatoms. The number of halogens is 2. The summed E-state index contributed by atoms with van der Waals surface area (Å²) in [6, 6.07) is 4.89. The number of hydrogen-bond donors (Lipinski definition) is 1. The molecule has 0 aliphatic heterocycles. The molecule has 0 unspecified atom stereocenters. The van der Waals surface area contributed by atoms with E-state index in [0.29, 0.717) is 11.8 Å². The first kappa shape index (κ1) is 20.4. The second-order valence-corrected chi connectivity index (χ2v) is 13.1. The Kier molecular flexibility index (Phi) is 6.42. The Morgan fingerprint density at radius 2 is 1.63 bits per heavy atom. The number of phenolic OH excluding ortho intramolecular Hbond substituents is 1. The number of hydrogen-bond acceptors (Lipinski definition) is 2. The molecule has 146 valence electrons. The van der Waals surface area contributed by atoms with Crippen molar-refractivity contribution < 1.29 is 26.0 Å². The van der Waals surface area contributed by atoms with E-state index in [4.69, 9.17) is 22.0 Å². The zero-order valence-corrected chi connectivity index (χ0v) is 20.0. The van der Waals surface area contributed by atoms with Crippen molar-refractivity contribution in [1.29, 1.82) is 0 Å². The molecule has 0 atom stereocenters. The zero-order valence-electron chi connectivity index (χ0n) is 16.1. The van der Waals surface area contributed by atoms with E-state index in [0.717, 1.165) is 23.3 Å². The molecule has 2 nitrogen and oxygen atoms in total. The molecule has 0 saturated heterocycles. The van der Waals surface area contributed by atoms with Crippen LogP contribution in [0.15, 0.2) is 17.1 Å². The van der Waals surface area contributed by atoms with Crippen LogP contribution in [0.25, 0.3) is 0 Å².